The molecule has 0 saturated carbocycles. The molecule has 2 amide bonds. The molecule has 0 aromatic heterocycles. The van der Waals surface area contributed by atoms with Crippen LogP contribution in [0.4, 0.5) is 0 Å². The number of likely N-dealkylation sites (tertiary alicyclic amines) is 1. The van der Waals surface area contributed by atoms with Gasteiger partial charge in [-0.15, -0.1) is 0 Å². The van der Waals surface area contributed by atoms with Crippen molar-refractivity contribution in [3.05, 3.63) is 34.9 Å². The van der Waals surface area contributed by atoms with Crippen molar-refractivity contribution < 1.29 is 9.59 Å². The molecule has 1 unspecified atom stereocenters. The molecule has 0 aliphatic carbocycles. The van der Waals surface area contributed by atoms with Crippen molar-refractivity contribution in [2.75, 3.05) is 7.05 Å². The molecule has 1 heterocycles. The molecule has 1 aliphatic rings. The molecule has 96 valence electrons. The number of carbonyl (C=O) groups excluding carboxylic acids is 2. The van der Waals surface area contributed by atoms with Crippen molar-refractivity contribution in [2.45, 2.75) is 32.9 Å². The van der Waals surface area contributed by atoms with Gasteiger partial charge >= 0.3 is 0 Å². The zero-order valence-electron chi connectivity index (χ0n) is 11.0. The second kappa shape index (κ2) is 4.90. The second-order valence-electron chi connectivity index (χ2n) is 4.85. The third kappa shape index (κ3) is 2.43. The van der Waals surface area contributed by atoms with E-state index in [0.717, 1.165) is 5.56 Å². The van der Waals surface area contributed by atoms with Crippen LogP contribution in [-0.2, 0) is 16.1 Å². The van der Waals surface area contributed by atoms with E-state index in [4.69, 9.17) is 0 Å². The van der Waals surface area contributed by atoms with Crippen molar-refractivity contribution in [1.29, 1.82) is 0 Å². The summed E-state index contributed by atoms with van der Waals surface area (Å²) < 4.78 is 0. The molecule has 1 saturated heterocycles. The lowest BCUT2D eigenvalue weighted by Gasteiger charge is -2.11. The van der Waals surface area contributed by atoms with Gasteiger partial charge in [0, 0.05) is 13.6 Å². The predicted molar refractivity (Wildman–Crippen MR) is 68.9 cm³/mol. The van der Waals surface area contributed by atoms with Crippen LogP contribution < -0.4 is 5.32 Å². The summed E-state index contributed by atoms with van der Waals surface area (Å²) >= 11 is 0. The number of nitrogens with zero attached hydrogens (tertiary/aromatic N) is 1. The minimum Gasteiger partial charge on any atom is -0.301 e. The van der Waals surface area contributed by atoms with Crippen molar-refractivity contribution in [3.63, 3.8) is 0 Å². The van der Waals surface area contributed by atoms with Crippen LogP contribution in [0.25, 0.3) is 0 Å². The topological polar surface area (TPSA) is 49.4 Å². The number of hydrogen-bond donors (Lipinski definition) is 1. The molecule has 0 bridgehead atoms. The quantitative estimate of drug-likeness (QED) is 0.814. The van der Waals surface area contributed by atoms with Gasteiger partial charge in [-0.05, 0) is 30.5 Å². The smallest absolute Gasteiger partial charge is 0.246 e. The standard InChI is InChI=1S/C14H18N2O2/c1-9-4-5-11(6-10(9)2)8-15-12-7-13(17)16(3)14(12)18/h4-6,12,15H,7-8H2,1-3H3. The van der Waals surface area contributed by atoms with Crippen molar-refractivity contribution in [2.24, 2.45) is 0 Å². The normalized spacial score (nSPS) is 19.7. The third-order valence-electron chi connectivity index (χ3n) is 3.51. The van der Waals surface area contributed by atoms with Crippen molar-refractivity contribution >= 4 is 11.8 Å². The van der Waals surface area contributed by atoms with Crippen LogP contribution in [0.3, 0.4) is 0 Å². The minimum atomic E-state index is -0.371. The zero-order valence-corrected chi connectivity index (χ0v) is 11.0. The number of benzene rings is 1. The summed E-state index contributed by atoms with van der Waals surface area (Å²) in [5, 5.41) is 3.14. The Labute approximate surface area is 107 Å². The van der Waals surface area contributed by atoms with E-state index < -0.39 is 0 Å². The van der Waals surface area contributed by atoms with E-state index in [1.165, 1.54) is 23.1 Å². The van der Waals surface area contributed by atoms with Gasteiger partial charge in [0.15, 0.2) is 0 Å². The number of hydrogen-bond acceptors (Lipinski definition) is 3. The summed E-state index contributed by atoms with van der Waals surface area (Å²) in [4.78, 5) is 24.3. The Balaban J connectivity index is 1.98. The van der Waals surface area contributed by atoms with Gasteiger partial charge in [-0.25, -0.2) is 0 Å². The van der Waals surface area contributed by atoms with Gasteiger partial charge in [-0.2, -0.15) is 0 Å². The molecule has 1 N–H and O–H groups in total. The lowest BCUT2D eigenvalue weighted by molar-refractivity contribution is -0.137. The molecule has 1 aliphatic heterocycles. The number of carbonyl (C=O) groups is 2. The Morgan fingerprint density at radius 2 is 2.00 bits per heavy atom. The molecular formula is C14H18N2O2. The molecule has 0 spiro atoms. The first-order chi connectivity index (χ1) is 8.49. The van der Waals surface area contributed by atoms with E-state index in [0.29, 0.717) is 6.54 Å². The maximum Gasteiger partial charge on any atom is 0.246 e. The predicted octanol–water partition coefficient (Wildman–Crippen LogP) is 1.15. The number of rotatable bonds is 3. The van der Waals surface area contributed by atoms with Crippen LogP contribution >= 0.6 is 0 Å². The molecule has 4 nitrogen and oxygen atoms in total. The van der Waals surface area contributed by atoms with E-state index in [1.54, 1.807) is 0 Å². The third-order valence-corrected chi connectivity index (χ3v) is 3.51. The molecule has 2 rings (SSSR count). The number of amides is 2. The second-order valence-corrected chi connectivity index (χ2v) is 4.85. The highest BCUT2D eigenvalue weighted by atomic mass is 16.2. The molecule has 18 heavy (non-hydrogen) atoms. The van der Waals surface area contributed by atoms with E-state index in [9.17, 15) is 9.59 Å². The van der Waals surface area contributed by atoms with Gasteiger partial charge in [0.25, 0.3) is 0 Å². The maximum atomic E-state index is 11.7. The van der Waals surface area contributed by atoms with Crippen LogP contribution in [0.5, 0.6) is 0 Å². The van der Waals surface area contributed by atoms with E-state index >= 15 is 0 Å². The summed E-state index contributed by atoms with van der Waals surface area (Å²) in [5.74, 6) is -0.249. The number of nitrogens with one attached hydrogen (secondary N) is 1. The summed E-state index contributed by atoms with van der Waals surface area (Å²) in [6, 6.07) is 5.84. The molecule has 1 fully saturated rings. The molecule has 0 radical (unpaired) electrons. The Hall–Kier alpha value is -1.68. The molecule has 1 aromatic rings. The number of aryl methyl sites for hydroxylation is 2. The van der Waals surface area contributed by atoms with Gasteiger partial charge in [-0.3, -0.25) is 14.5 Å². The first-order valence-corrected chi connectivity index (χ1v) is 6.09. The lowest BCUT2D eigenvalue weighted by atomic mass is 10.1. The van der Waals surface area contributed by atoms with Gasteiger partial charge in [0.1, 0.15) is 0 Å². The maximum absolute atomic E-state index is 11.7. The molecule has 4 heteroatoms. The van der Waals surface area contributed by atoms with E-state index in [1.807, 2.05) is 6.07 Å². The van der Waals surface area contributed by atoms with Gasteiger partial charge in [0.2, 0.25) is 11.8 Å². The van der Waals surface area contributed by atoms with E-state index in [2.05, 4.69) is 31.3 Å². The lowest BCUT2D eigenvalue weighted by Crippen LogP contribution is -2.36. The highest BCUT2D eigenvalue weighted by Crippen LogP contribution is 2.13. The van der Waals surface area contributed by atoms with E-state index in [-0.39, 0.29) is 24.3 Å². The number of imide groups is 1. The van der Waals surface area contributed by atoms with Crippen molar-refractivity contribution in [3.8, 4) is 0 Å². The first kappa shape index (κ1) is 12.8. The van der Waals surface area contributed by atoms with Gasteiger partial charge in [-0.1, -0.05) is 18.2 Å². The van der Waals surface area contributed by atoms with Crippen molar-refractivity contribution in [1.82, 2.24) is 10.2 Å². The fourth-order valence-corrected chi connectivity index (χ4v) is 2.07. The van der Waals surface area contributed by atoms with Gasteiger partial charge in [0.05, 0.1) is 12.5 Å². The molecule has 1 atom stereocenters. The molecular weight excluding hydrogens is 228 g/mol. The van der Waals surface area contributed by atoms with Gasteiger partial charge < -0.3 is 5.32 Å². The summed E-state index contributed by atoms with van der Waals surface area (Å²) in [7, 11) is 1.53. The molecule has 1 aromatic carbocycles. The average Bonchev–Trinajstić information content (AvgIpc) is 2.58. The Kier molecular flexibility index (Phi) is 3.48. The highest BCUT2D eigenvalue weighted by molar-refractivity contribution is 6.05. The Morgan fingerprint density at radius 1 is 1.28 bits per heavy atom. The Morgan fingerprint density at radius 3 is 2.56 bits per heavy atom. The first-order valence-electron chi connectivity index (χ1n) is 6.09. The zero-order chi connectivity index (χ0) is 13.3. The largest absolute Gasteiger partial charge is 0.301 e. The fourth-order valence-electron chi connectivity index (χ4n) is 2.07. The van der Waals surface area contributed by atoms with Crippen LogP contribution in [0, 0.1) is 13.8 Å². The van der Waals surface area contributed by atoms with Crippen LogP contribution in [-0.4, -0.2) is 29.8 Å². The Bertz CT molecular complexity index is 497. The monoisotopic (exact) mass is 246 g/mol. The van der Waals surface area contributed by atoms with Crippen LogP contribution in [0.1, 0.15) is 23.1 Å². The number of likely N-dealkylation sites (N-methyl/N-ethyl adjacent to an activating group) is 1. The SMILES string of the molecule is Cc1ccc(CNC2CC(=O)N(C)C2=O)cc1C. The fraction of sp³-hybridized carbons (Fsp3) is 0.429. The summed E-state index contributed by atoms with van der Waals surface area (Å²) in [6.45, 7) is 4.75. The summed E-state index contributed by atoms with van der Waals surface area (Å²) in [6.07, 6.45) is 0.264. The highest BCUT2D eigenvalue weighted by Gasteiger charge is 2.35. The average molecular weight is 246 g/mol. The van der Waals surface area contributed by atoms with Crippen LogP contribution in [0.2, 0.25) is 0 Å². The van der Waals surface area contributed by atoms with Crippen LogP contribution in [0.15, 0.2) is 18.2 Å². The summed E-state index contributed by atoms with van der Waals surface area (Å²) in [5.41, 5.74) is 3.62. The minimum absolute atomic E-state index is 0.113.